The first kappa shape index (κ1) is 14.1. The normalized spacial score (nSPS) is 11.0. The molecule has 0 atom stereocenters. The third-order valence-corrected chi connectivity index (χ3v) is 3.16. The lowest BCUT2D eigenvalue weighted by Gasteiger charge is -2.04. The van der Waals surface area contributed by atoms with Gasteiger partial charge in [0, 0.05) is 13.0 Å². The maximum atomic E-state index is 11.3. The van der Waals surface area contributed by atoms with Gasteiger partial charge in [-0.25, -0.2) is 13.1 Å². The predicted molar refractivity (Wildman–Crippen MR) is 57.9 cm³/mol. The Balaban J connectivity index is 3.74. The summed E-state index contributed by atoms with van der Waals surface area (Å²) in [5, 5.41) is 0. The Morgan fingerprint density at radius 1 is 1.53 bits per heavy atom. The van der Waals surface area contributed by atoms with Gasteiger partial charge in [0.25, 0.3) is 0 Å². The topological polar surface area (TPSA) is 72.5 Å². The molecule has 0 saturated carbocycles. The SMILES string of the molecule is C=CCCNS(=O)(=O)CCCC(=O)OC. The molecular formula is C9H17NO4S. The number of ether oxygens (including phenoxy) is 1. The first-order valence-corrected chi connectivity index (χ1v) is 6.32. The Kier molecular flexibility index (Phi) is 6.98. The second kappa shape index (κ2) is 7.42. The zero-order valence-electron chi connectivity index (χ0n) is 8.86. The molecule has 5 nitrogen and oxygen atoms in total. The molecule has 0 aliphatic carbocycles. The van der Waals surface area contributed by atoms with E-state index in [1.807, 2.05) is 0 Å². The number of carbonyl (C=O) groups excluding carboxylic acids is 1. The summed E-state index contributed by atoms with van der Waals surface area (Å²) in [7, 11) is -1.99. The number of nitrogens with one attached hydrogen (secondary N) is 1. The van der Waals surface area contributed by atoms with Crippen molar-refractivity contribution in [3.63, 3.8) is 0 Å². The van der Waals surface area contributed by atoms with Gasteiger partial charge in [-0.2, -0.15) is 0 Å². The van der Waals surface area contributed by atoms with Crippen LogP contribution in [0.3, 0.4) is 0 Å². The van der Waals surface area contributed by atoms with E-state index < -0.39 is 16.0 Å². The summed E-state index contributed by atoms with van der Waals surface area (Å²) in [6.07, 6.45) is 2.63. The highest BCUT2D eigenvalue weighted by Gasteiger charge is 2.10. The number of rotatable bonds is 8. The maximum Gasteiger partial charge on any atom is 0.305 e. The number of esters is 1. The van der Waals surface area contributed by atoms with Gasteiger partial charge in [0.2, 0.25) is 10.0 Å². The molecule has 88 valence electrons. The molecule has 0 heterocycles. The molecule has 0 aliphatic heterocycles. The van der Waals surface area contributed by atoms with Crippen LogP contribution in [0, 0.1) is 0 Å². The molecule has 1 N–H and O–H groups in total. The van der Waals surface area contributed by atoms with Crippen molar-refractivity contribution in [2.45, 2.75) is 19.3 Å². The van der Waals surface area contributed by atoms with Gasteiger partial charge in [-0.1, -0.05) is 6.08 Å². The van der Waals surface area contributed by atoms with Crippen molar-refractivity contribution in [2.75, 3.05) is 19.4 Å². The molecule has 0 aromatic heterocycles. The number of hydrogen-bond acceptors (Lipinski definition) is 4. The summed E-state index contributed by atoms with van der Waals surface area (Å²) >= 11 is 0. The fourth-order valence-corrected chi connectivity index (χ4v) is 1.99. The number of methoxy groups -OCH3 is 1. The Morgan fingerprint density at radius 2 is 2.20 bits per heavy atom. The zero-order valence-corrected chi connectivity index (χ0v) is 9.68. The third-order valence-electron chi connectivity index (χ3n) is 1.69. The molecule has 0 spiro atoms. The third kappa shape index (κ3) is 8.14. The highest BCUT2D eigenvalue weighted by atomic mass is 32.2. The average molecular weight is 235 g/mol. The number of carbonyl (C=O) groups is 1. The van der Waals surface area contributed by atoms with E-state index in [0.29, 0.717) is 13.0 Å². The summed E-state index contributed by atoms with van der Waals surface area (Å²) in [5.41, 5.74) is 0. The van der Waals surface area contributed by atoms with Crippen LogP contribution in [0.5, 0.6) is 0 Å². The van der Waals surface area contributed by atoms with Gasteiger partial charge in [0.15, 0.2) is 0 Å². The maximum absolute atomic E-state index is 11.3. The van der Waals surface area contributed by atoms with Crippen molar-refractivity contribution in [1.82, 2.24) is 4.72 Å². The molecule has 0 aromatic carbocycles. The van der Waals surface area contributed by atoms with E-state index in [0.717, 1.165) is 0 Å². The Labute approximate surface area is 90.6 Å². The molecule has 0 aromatic rings. The van der Waals surface area contributed by atoms with E-state index in [4.69, 9.17) is 0 Å². The molecule has 6 heteroatoms. The minimum Gasteiger partial charge on any atom is -0.469 e. The minimum absolute atomic E-state index is 0.0563. The van der Waals surface area contributed by atoms with Crippen LogP contribution in [0.4, 0.5) is 0 Å². The largest absolute Gasteiger partial charge is 0.469 e. The van der Waals surface area contributed by atoms with E-state index in [9.17, 15) is 13.2 Å². The van der Waals surface area contributed by atoms with Gasteiger partial charge in [0.05, 0.1) is 12.9 Å². The van der Waals surface area contributed by atoms with E-state index >= 15 is 0 Å². The molecule has 15 heavy (non-hydrogen) atoms. The molecule has 0 amide bonds. The summed E-state index contributed by atoms with van der Waals surface area (Å²) in [5.74, 6) is -0.449. The van der Waals surface area contributed by atoms with Gasteiger partial charge in [0.1, 0.15) is 0 Å². The monoisotopic (exact) mass is 235 g/mol. The van der Waals surface area contributed by atoms with Gasteiger partial charge >= 0.3 is 5.97 Å². The molecule has 0 saturated heterocycles. The molecule has 0 aliphatic rings. The molecule has 0 radical (unpaired) electrons. The van der Waals surface area contributed by atoms with Crippen LogP contribution in [-0.4, -0.2) is 33.8 Å². The zero-order chi connectivity index (χ0) is 11.7. The smallest absolute Gasteiger partial charge is 0.305 e. The van der Waals surface area contributed by atoms with E-state index in [-0.39, 0.29) is 18.6 Å². The average Bonchev–Trinajstić information content (AvgIpc) is 2.17. The summed E-state index contributed by atoms with van der Waals surface area (Å²) in [6, 6.07) is 0. The highest BCUT2D eigenvalue weighted by molar-refractivity contribution is 7.89. The second-order valence-corrected chi connectivity index (χ2v) is 4.90. The molecular weight excluding hydrogens is 218 g/mol. The molecule has 0 rings (SSSR count). The van der Waals surface area contributed by atoms with Gasteiger partial charge in [-0.15, -0.1) is 6.58 Å². The summed E-state index contributed by atoms with van der Waals surface area (Å²) in [4.78, 5) is 10.7. The van der Waals surface area contributed by atoms with Crippen molar-refractivity contribution in [3.8, 4) is 0 Å². The summed E-state index contributed by atoms with van der Waals surface area (Å²) < 4.78 is 29.4. The van der Waals surface area contributed by atoms with E-state index in [2.05, 4.69) is 16.0 Å². The van der Waals surface area contributed by atoms with Crippen LogP contribution >= 0.6 is 0 Å². The van der Waals surface area contributed by atoms with Crippen molar-refractivity contribution in [3.05, 3.63) is 12.7 Å². The first-order chi connectivity index (χ1) is 7.02. The van der Waals surface area contributed by atoms with Crippen LogP contribution in [-0.2, 0) is 19.6 Å². The van der Waals surface area contributed by atoms with Crippen molar-refractivity contribution in [2.24, 2.45) is 0 Å². The minimum atomic E-state index is -3.26. The quantitative estimate of drug-likeness (QED) is 0.376. The lowest BCUT2D eigenvalue weighted by molar-refractivity contribution is -0.140. The Hall–Kier alpha value is -0.880. The molecule has 0 unspecified atom stereocenters. The first-order valence-electron chi connectivity index (χ1n) is 4.67. The molecule has 0 bridgehead atoms. The fourth-order valence-electron chi connectivity index (χ4n) is 0.897. The van der Waals surface area contributed by atoms with Crippen LogP contribution in [0.15, 0.2) is 12.7 Å². The van der Waals surface area contributed by atoms with E-state index in [1.54, 1.807) is 6.08 Å². The second-order valence-electron chi connectivity index (χ2n) is 2.97. The summed E-state index contributed by atoms with van der Waals surface area (Å²) in [6.45, 7) is 3.83. The van der Waals surface area contributed by atoms with Crippen LogP contribution in [0.1, 0.15) is 19.3 Å². The van der Waals surface area contributed by atoms with Crippen LogP contribution < -0.4 is 4.72 Å². The van der Waals surface area contributed by atoms with Crippen molar-refractivity contribution in [1.29, 1.82) is 0 Å². The lowest BCUT2D eigenvalue weighted by Crippen LogP contribution is -2.27. The molecule has 0 fully saturated rings. The highest BCUT2D eigenvalue weighted by Crippen LogP contribution is 1.96. The van der Waals surface area contributed by atoms with Crippen molar-refractivity contribution < 1.29 is 17.9 Å². The fraction of sp³-hybridized carbons (Fsp3) is 0.667. The number of sulfonamides is 1. The Bertz CT molecular complexity index is 297. The van der Waals surface area contributed by atoms with Gasteiger partial charge < -0.3 is 4.74 Å². The van der Waals surface area contributed by atoms with E-state index in [1.165, 1.54) is 7.11 Å². The van der Waals surface area contributed by atoms with Crippen molar-refractivity contribution >= 4 is 16.0 Å². The van der Waals surface area contributed by atoms with Crippen LogP contribution in [0.25, 0.3) is 0 Å². The standard InChI is InChI=1S/C9H17NO4S/c1-3-4-7-10-15(12,13)8-5-6-9(11)14-2/h3,10H,1,4-8H2,2H3. The van der Waals surface area contributed by atoms with Gasteiger partial charge in [-0.3, -0.25) is 4.79 Å². The number of hydrogen-bond donors (Lipinski definition) is 1. The Morgan fingerprint density at radius 3 is 2.73 bits per heavy atom. The lowest BCUT2D eigenvalue weighted by atomic mass is 10.3. The predicted octanol–water partition coefficient (Wildman–Crippen LogP) is 0.435. The van der Waals surface area contributed by atoms with Gasteiger partial charge in [-0.05, 0) is 12.8 Å². The van der Waals surface area contributed by atoms with Crippen LogP contribution in [0.2, 0.25) is 0 Å².